The Hall–Kier alpha value is -1.25. The highest BCUT2D eigenvalue weighted by Crippen LogP contribution is 2.44. The molecule has 3 heteroatoms. The molecule has 0 spiro atoms. The van der Waals surface area contributed by atoms with Crippen molar-refractivity contribution in [2.75, 3.05) is 0 Å². The van der Waals surface area contributed by atoms with Crippen molar-refractivity contribution in [3.8, 4) is 0 Å². The van der Waals surface area contributed by atoms with Crippen LogP contribution in [0.5, 0.6) is 0 Å². The Labute approximate surface area is 75.8 Å². The topological polar surface area (TPSA) is 30.0 Å². The lowest BCUT2D eigenvalue weighted by molar-refractivity contribution is 0.112. The van der Waals surface area contributed by atoms with E-state index in [2.05, 4.69) is 4.98 Å². The molecule has 0 aromatic carbocycles. The van der Waals surface area contributed by atoms with Gasteiger partial charge in [0.1, 0.15) is 6.17 Å². The van der Waals surface area contributed by atoms with Crippen molar-refractivity contribution >= 4 is 6.29 Å². The number of alkyl halides is 1. The maximum Gasteiger partial charge on any atom is 0.152 e. The van der Waals surface area contributed by atoms with E-state index < -0.39 is 6.17 Å². The molecule has 13 heavy (non-hydrogen) atoms. The van der Waals surface area contributed by atoms with Crippen LogP contribution in [-0.2, 0) is 0 Å². The lowest BCUT2D eigenvalue weighted by Gasteiger charge is -2.03. The highest BCUT2D eigenvalue weighted by atomic mass is 19.1. The molecule has 0 aliphatic heterocycles. The predicted octanol–water partition coefficient (Wildman–Crippen LogP) is 2.03. The maximum atomic E-state index is 12.8. The third kappa shape index (κ3) is 1.34. The predicted molar refractivity (Wildman–Crippen MR) is 46.6 cm³/mol. The molecule has 0 saturated heterocycles. The third-order valence-corrected chi connectivity index (χ3v) is 2.45. The zero-order chi connectivity index (χ0) is 9.42. The summed E-state index contributed by atoms with van der Waals surface area (Å²) in [7, 11) is 0. The first-order valence-electron chi connectivity index (χ1n) is 4.28. The number of hydrogen-bond donors (Lipinski definition) is 0. The number of carbonyl (C=O) groups excluding carboxylic acids is 1. The average Bonchev–Trinajstić information content (AvgIpc) is 2.82. The number of aldehydes is 1. The van der Waals surface area contributed by atoms with Crippen LogP contribution in [0.25, 0.3) is 0 Å². The summed E-state index contributed by atoms with van der Waals surface area (Å²) < 4.78 is 12.8. The second kappa shape index (κ2) is 2.91. The molecule has 0 amide bonds. The third-order valence-electron chi connectivity index (χ3n) is 2.45. The van der Waals surface area contributed by atoms with E-state index >= 15 is 0 Å². The molecule has 0 N–H and O–H groups in total. The van der Waals surface area contributed by atoms with Crippen molar-refractivity contribution in [2.45, 2.75) is 25.4 Å². The van der Waals surface area contributed by atoms with Gasteiger partial charge in [-0.25, -0.2) is 4.39 Å². The highest BCUT2D eigenvalue weighted by molar-refractivity contribution is 5.79. The molecule has 0 bridgehead atoms. The molecule has 1 aliphatic carbocycles. The van der Waals surface area contributed by atoms with Crippen molar-refractivity contribution < 1.29 is 9.18 Å². The summed E-state index contributed by atoms with van der Waals surface area (Å²) >= 11 is 0. The fourth-order valence-corrected chi connectivity index (χ4v) is 1.56. The van der Waals surface area contributed by atoms with E-state index in [0.29, 0.717) is 17.7 Å². The SMILES string of the molecule is Cc1nccc([C@H]2C[C@H]2F)c1C=O. The van der Waals surface area contributed by atoms with Crippen LogP contribution < -0.4 is 0 Å². The van der Waals surface area contributed by atoms with Gasteiger partial charge in [-0.3, -0.25) is 9.78 Å². The molecule has 1 aromatic heterocycles. The molecule has 2 nitrogen and oxygen atoms in total. The molecule has 2 atom stereocenters. The van der Waals surface area contributed by atoms with Crippen LogP contribution in [0.1, 0.15) is 34.0 Å². The number of hydrogen-bond acceptors (Lipinski definition) is 2. The average molecular weight is 179 g/mol. The first-order chi connectivity index (χ1) is 6.24. The summed E-state index contributed by atoms with van der Waals surface area (Å²) in [5, 5.41) is 0. The van der Waals surface area contributed by atoms with Crippen LogP contribution in [-0.4, -0.2) is 17.4 Å². The Bertz CT molecular complexity index is 351. The largest absolute Gasteiger partial charge is 0.298 e. The van der Waals surface area contributed by atoms with Crippen LogP contribution in [0.15, 0.2) is 12.3 Å². The van der Waals surface area contributed by atoms with Crippen LogP contribution in [0.2, 0.25) is 0 Å². The minimum atomic E-state index is -0.763. The van der Waals surface area contributed by atoms with E-state index in [1.165, 1.54) is 0 Å². The summed E-state index contributed by atoms with van der Waals surface area (Å²) in [5.74, 6) is -0.0677. The summed E-state index contributed by atoms with van der Waals surface area (Å²) in [6.45, 7) is 1.77. The Morgan fingerprint density at radius 3 is 2.92 bits per heavy atom. The van der Waals surface area contributed by atoms with Gasteiger partial charge in [0.2, 0.25) is 0 Å². The number of rotatable bonds is 2. The molecule has 1 heterocycles. The van der Waals surface area contributed by atoms with Crippen LogP contribution >= 0.6 is 0 Å². The van der Waals surface area contributed by atoms with Crippen LogP contribution in [0.4, 0.5) is 4.39 Å². The van der Waals surface area contributed by atoms with Gasteiger partial charge >= 0.3 is 0 Å². The quantitative estimate of drug-likeness (QED) is 0.650. The molecule has 2 rings (SSSR count). The van der Waals surface area contributed by atoms with Crippen molar-refractivity contribution in [1.29, 1.82) is 0 Å². The number of pyridine rings is 1. The number of aromatic nitrogens is 1. The summed E-state index contributed by atoms with van der Waals surface area (Å²) in [4.78, 5) is 14.7. The second-order valence-electron chi connectivity index (χ2n) is 3.38. The van der Waals surface area contributed by atoms with Gasteiger partial charge in [-0.1, -0.05) is 0 Å². The highest BCUT2D eigenvalue weighted by Gasteiger charge is 2.40. The van der Waals surface area contributed by atoms with E-state index in [9.17, 15) is 9.18 Å². The normalized spacial score (nSPS) is 25.7. The standard InChI is InChI=1S/C10H10FNO/c1-6-9(5-13)7(2-3-12-6)8-4-10(8)11/h2-3,5,8,10H,4H2,1H3/t8-,10-/m1/s1. The molecule has 0 radical (unpaired) electrons. The molecule has 0 unspecified atom stereocenters. The van der Waals surface area contributed by atoms with Crippen LogP contribution in [0, 0.1) is 6.92 Å². The van der Waals surface area contributed by atoms with Crippen molar-refractivity contribution in [3.05, 3.63) is 29.1 Å². The Kier molecular flexibility index (Phi) is 1.87. The van der Waals surface area contributed by atoms with Gasteiger partial charge in [-0.2, -0.15) is 0 Å². The van der Waals surface area contributed by atoms with Crippen molar-refractivity contribution in [3.63, 3.8) is 0 Å². The molecule has 1 aromatic rings. The minimum Gasteiger partial charge on any atom is -0.298 e. The fourth-order valence-electron chi connectivity index (χ4n) is 1.56. The summed E-state index contributed by atoms with van der Waals surface area (Å²) in [6, 6.07) is 1.74. The molecule has 1 aliphatic rings. The number of nitrogens with zero attached hydrogens (tertiary/aromatic N) is 1. The van der Waals surface area contributed by atoms with Crippen molar-refractivity contribution in [1.82, 2.24) is 4.98 Å². The van der Waals surface area contributed by atoms with Gasteiger partial charge in [0.05, 0.1) is 0 Å². The van der Waals surface area contributed by atoms with Gasteiger partial charge in [-0.05, 0) is 25.0 Å². The van der Waals surface area contributed by atoms with Gasteiger partial charge in [0, 0.05) is 23.4 Å². The van der Waals surface area contributed by atoms with Gasteiger partial charge in [0.25, 0.3) is 0 Å². The monoisotopic (exact) mass is 179 g/mol. The van der Waals surface area contributed by atoms with E-state index in [1.54, 1.807) is 19.2 Å². The maximum absolute atomic E-state index is 12.8. The van der Waals surface area contributed by atoms with Crippen LogP contribution in [0.3, 0.4) is 0 Å². The van der Waals surface area contributed by atoms with E-state index in [0.717, 1.165) is 11.8 Å². The molecule has 1 saturated carbocycles. The van der Waals surface area contributed by atoms with E-state index in [-0.39, 0.29) is 5.92 Å². The Balaban J connectivity index is 2.44. The lowest BCUT2D eigenvalue weighted by Crippen LogP contribution is -1.97. The lowest BCUT2D eigenvalue weighted by atomic mass is 10.0. The first-order valence-corrected chi connectivity index (χ1v) is 4.28. The first kappa shape index (κ1) is 8.35. The second-order valence-corrected chi connectivity index (χ2v) is 3.38. The molecule has 68 valence electrons. The number of aryl methyl sites for hydroxylation is 1. The summed E-state index contributed by atoms with van der Waals surface area (Å²) in [6.07, 6.45) is 2.18. The minimum absolute atomic E-state index is 0.0677. The van der Waals surface area contributed by atoms with Gasteiger partial charge in [-0.15, -0.1) is 0 Å². The van der Waals surface area contributed by atoms with E-state index in [4.69, 9.17) is 0 Å². The van der Waals surface area contributed by atoms with Crippen molar-refractivity contribution in [2.24, 2.45) is 0 Å². The fraction of sp³-hybridized carbons (Fsp3) is 0.400. The smallest absolute Gasteiger partial charge is 0.152 e. The van der Waals surface area contributed by atoms with E-state index in [1.807, 2.05) is 0 Å². The molecule has 1 fully saturated rings. The number of carbonyl (C=O) groups is 1. The Morgan fingerprint density at radius 1 is 1.69 bits per heavy atom. The molecular formula is C10H10FNO. The summed E-state index contributed by atoms with van der Waals surface area (Å²) in [5.41, 5.74) is 2.06. The number of halogens is 1. The van der Waals surface area contributed by atoms with Gasteiger partial charge in [0.15, 0.2) is 6.29 Å². The zero-order valence-electron chi connectivity index (χ0n) is 7.33. The van der Waals surface area contributed by atoms with Gasteiger partial charge < -0.3 is 0 Å². The zero-order valence-corrected chi connectivity index (χ0v) is 7.33. The Morgan fingerprint density at radius 2 is 2.38 bits per heavy atom. The molecular weight excluding hydrogens is 169 g/mol.